The van der Waals surface area contributed by atoms with Crippen LogP contribution in [-0.2, 0) is 13.5 Å². The van der Waals surface area contributed by atoms with E-state index >= 15 is 0 Å². The molecule has 3 nitrogen and oxygen atoms in total. The van der Waals surface area contributed by atoms with Gasteiger partial charge in [-0.3, -0.25) is 0 Å². The number of fused-ring (bicyclic) bond motifs is 1. The molecule has 98 valence electrons. The first-order valence-corrected chi connectivity index (χ1v) is 7.53. The van der Waals surface area contributed by atoms with Crippen molar-refractivity contribution >= 4 is 22.8 Å². The quantitative estimate of drug-likeness (QED) is 0.643. The van der Waals surface area contributed by atoms with Gasteiger partial charge in [0.1, 0.15) is 0 Å². The van der Waals surface area contributed by atoms with E-state index in [1.54, 1.807) is 0 Å². The topological polar surface area (TPSA) is 43.8 Å². The Bertz CT molecular complexity index is 519. The second-order valence-electron chi connectivity index (χ2n) is 4.47. The molecule has 0 aliphatic rings. The average Bonchev–Trinajstić information content (AvgIpc) is 2.71. The van der Waals surface area contributed by atoms with Crippen molar-refractivity contribution in [3.63, 3.8) is 0 Å². The number of aromatic nitrogens is 2. The molecule has 0 aliphatic carbocycles. The van der Waals surface area contributed by atoms with E-state index in [1.165, 1.54) is 11.1 Å². The lowest BCUT2D eigenvalue weighted by atomic mass is 10.1. The predicted molar refractivity (Wildman–Crippen MR) is 79.1 cm³/mol. The molecule has 0 unspecified atom stereocenters. The van der Waals surface area contributed by atoms with Crippen molar-refractivity contribution in [1.29, 1.82) is 0 Å². The Labute approximate surface area is 113 Å². The Morgan fingerprint density at radius 1 is 1.33 bits per heavy atom. The Kier molecular flexibility index (Phi) is 4.66. The fraction of sp³-hybridized carbons (Fsp3) is 0.500. The maximum atomic E-state index is 5.50. The van der Waals surface area contributed by atoms with Gasteiger partial charge in [0.25, 0.3) is 0 Å². The third-order valence-corrected chi connectivity index (χ3v) is 4.26. The average molecular weight is 263 g/mol. The van der Waals surface area contributed by atoms with Crippen LogP contribution in [0.1, 0.15) is 25.3 Å². The molecule has 4 heteroatoms. The van der Waals surface area contributed by atoms with E-state index in [1.807, 2.05) is 11.8 Å². The predicted octanol–water partition coefficient (Wildman–Crippen LogP) is 2.97. The van der Waals surface area contributed by atoms with Crippen molar-refractivity contribution in [2.75, 3.05) is 12.3 Å². The molecule has 0 radical (unpaired) electrons. The summed E-state index contributed by atoms with van der Waals surface area (Å²) >= 11 is 1.82. The number of rotatable bonds is 6. The monoisotopic (exact) mass is 263 g/mol. The zero-order valence-corrected chi connectivity index (χ0v) is 12.0. The van der Waals surface area contributed by atoms with Gasteiger partial charge in [-0.2, -0.15) is 0 Å². The maximum absolute atomic E-state index is 5.50. The number of thioether (sulfide) groups is 1. The van der Waals surface area contributed by atoms with Crippen molar-refractivity contribution in [1.82, 2.24) is 9.55 Å². The second kappa shape index (κ2) is 6.25. The summed E-state index contributed by atoms with van der Waals surface area (Å²) in [5, 5.41) is 1.11. The summed E-state index contributed by atoms with van der Waals surface area (Å²) in [6, 6.07) is 6.55. The van der Waals surface area contributed by atoms with Crippen LogP contribution in [0.2, 0.25) is 0 Å². The Morgan fingerprint density at radius 2 is 2.17 bits per heavy atom. The van der Waals surface area contributed by atoms with Crippen LogP contribution in [-0.4, -0.2) is 21.8 Å². The van der Waals surface area contributed by atoms with Crippen molar-refractivity contribution in [2.24, 2.45) is 12.8 Å². The summed E-state index contributed by atoms with van der Waals surface area (Å²) in [5.41, 5.74) is 9.17. The summed E-state index contributed by atoms with van der Waals surface area (Å²) in [6.45, 7) is 2.95. The van der Waals surface area contributed by atoms with Gasteiger partial charge in [-0.15, -0.1) is 0 Å². The molecule has 1 aromatic carbocycles. The summed E-state index contributed by atoms with van der Waals surface area (Å²) in [6.07, 6.45) is 3.31. The molecule has 0 atom stereocenters. The largest absolute Gasteiger partial charge is 0.330 e. The van der Waals surface area contributed by atoms with E-state index in [0.717, 1.165) is 42.2 Å². The molecule has 0 bridgehead atoms. The molecule has 0 saturated heterocycles. The number of nitrogens with zero attached hydrogens (tertiary/aromatic N) is 2. The van der Waals surface area contributed by atoms with Crippen LogP contribution >= 0.6 is 11.8 Å². The highest BCUT2D eigenvalue weighted by Gasteiger charge is 2.08. The minimum Gasteiger partial charge on any atom is -0.330 e. The number of unbranched alkanes of at least 4 members (excludes halogenated alkanes) is 1. The molecule has 0 aliphatic heterocycles. The minimum atomic E-state index is 0.781. The first kappa shape index (κ1) is 13.4. The highest BCUT2D eigenvalue weighted by Crippen LogP contribution is 2.24. The molecule has 2 N–H and O–H groups in total. The standard InChI is InChI=1S/C14H21N3S/c1-3-11-6-7-13-12(10-11)16-14(17(13)2)18-9-5-4-8-15/h6-7,10H,3-5,8-9,15H2,1-2H3. The number of nitrogens with two attached hydrogens (primary N) is 1. The number of benzene rings is 1. The molecule has 18 heavy (non-hydrogen) atoms. The van der Waals surface area contributed by atoms with Crippen LogP contribution in [0.4, 0.5) is 0 Å². The van der Waals surface area contributed by atoms with Crippen molar-refractivity contribution < 1.29 is 0 Å². The molecule has 0 spiro atoms. The molecule has 2 aromatic rings. The molecule has 1 heterocycles. The molecular formula is C14H21N3S. The van der Waals surface area contributed by atoms with Crippen molar-refractivity contribution in [2.45, 2.75) is 31.3 Å². The van der Waals surface area contributed by atoms with Crippen LogP contribution in [0.5, 0.6) is 0 Å². The van der Waals surface area contributed by atoms with Gasteiger partial charge in [0.2, 0.25) is 0 Å². The summed E-state index contributed by atoms with van der Waals surface area (Å²) in [4.78, 5) is 4.71. The zero-order chi connectivity index (χ0) is 13.0. The van der Waals surface area contributed by atoms with Crippen LogP contribution < -0.4 is 5.73 Å². The molecular weight excluding hydrogens is 242 g/mol. The minimum absolute atomic E-state index is 0.781. The summed E-state index contributed by atoms with van der Waals surface area (Å²) in [5.74, 6) is 1.09. The lowest BCUT2D eigenvalue weighted by molar-refractivity contribution is 0.796. The van der Waals surface area contributed by atoms with Gasteiger partial charge in [0, 0.05) is 12.8 Å². The van der Waals surface area contributed by atoms with Crippen LogP contribution in [0.15, 0.2) is 23.4 Å². The van der Waals surface area contributed by atoms with Gasteiger partial charge in [0.05, 0.1) is 11.0 Å². The van der Waals surface area contributed by atoms with Crippen molar-refractivity contribution in [3.05, 3.63) is 23.8 Å². The van der Waals surface area contributed by atoms with Gasteiger partial charge in [-0.1, -0.05) is 24.8 Å². The van der Waals surface area contributed by atoms with E-state index in [-0.39, 0.29) is 0 Å². The van der Waals surface area contributed by atoms with Crippen LogP contribution in [0, 0.1) is 0 Å². The first-order valence-electron chi connectivity index (χ1n) is 6.54. The lowest BCUT2D eigenvalue weighted by Crippen LogP contribution is -1.99. The fourth-order valence-electron chi connectivity index (χ4n) is 1.98. The van der Waals surface area contributed by atoms with E-state index < -0.39 is 0 Å². The lowest BCUT2D eigenvalue weighted by Gasteiger charge is -2.01. The van der Waals surface area contributed by atoms with E-state index in [4.69, 9.17) is 10.7 Å². The van der Waals surface area contributed by atoms with Crippen molar-refractivity contribution in [3.8, 4) is 0 Å². The number of aryl methyl sites for hydroxylation is 2. The Hall–Kier alpha value is -1.00. The van der Waals surface area contributed by atoms with Gasteiger partial charge < -0.3 is 10.3 Å². The molecule has 0 amide bonds. The van der Waals surface area contributed by atoms with Gasteiger partial charge >= 0.3 is 0 Å². The smallest absolute Gasteiger partial charge is 0.168 e. The fourth-order valence-corrected chi connectivity index (χ4v) is 2.97. The van der Waals surface area contributed by atoms with Crippen LogP contribution in [0.25, 0.3) is 11.0 Å². The second-order valence-corrected chi connectivity index (χ2v) is 5.54. The van der Waals surface area contributed by atoms with Crippen LogP contribution in [0.3, 0.4) is 0 Å². The Morgan fingerprint density at radius 3 is 2.89 bits per heavy atom. The highest BCUT2D eigenvalue weighted by atomic mass is 32.2. The molecule has 2 rings (SSSR count). The van der Waals surface area contributed by atoms with Gasteiger partial charge in [-0.25, -0.2) is 4.98 Å². The molecule has 0 fully saturated rings. The summed E-state index contributed by atoms with van der Waals surface area (Å²) < 4.78 is 2.18. The number of hydrogen-bond donors (Lipinski definition) is 1. The number of hydrogen-bond acceptors (Lipinski definition) is 3. The third-order valence-electron chi connectivity index (χ3n) is 3.14. The van der Waals surface area contributed by atoms with Gasteiger partial charge in [0.15, 0.2) is 5.16 Å². The van der Waals surface area contributed by atoms with Gasteiger partial charge in [-0.05, 0) is 43.5 Å². The molecule has 0 saturated carbocycles. The van der Waals surface area contributed by atoms with E-state index in [0.29, 0.717) is 0 Å². The highest BCUT2D eigenvalue weighted by molar-refractivity contribution is 7.99. The zero-order valence-electron chi connectivity index (χ0n) is 11.1. The molecule has 1 aromatic heterocycles. The van der Waals surface area contributed by atoms with E-state index in [2.05, 4.69) is 36.7 Å². The first-order chi connectivity index (χ1) is 8.76. The maximum Gasteiger partial charge on any atom is 0.168 e. The van der Waals surface area contributed by atoms with E-state index in [9.17, 15) is 0 Å². The number of imidazole rings is 1. The third kappa shape index (κ3) is 2.87. The summed E-state index contributed by atoms with van der Waals surface area (Å²) in [7, 11) is 2.09. The SMILES string of the molecule is CCc1ccc2c(c1)nc(SCCCCN)n2C. The normalized spacial score (nSPS) is 11.3. The Balaban J connectivity index is 2.16.